The minimum atomic E-state index is -3.88. The standard InChI is InChI=1S/C11H17N3O4S3/c1-14(2)20(15,16)8-7-13-21(17,18)10-6-4-3-5-9(10)11(12)19/h3-6,13H,7-8H2,1-2H3,(H2,12,19). The van der Waals surface area contributed by atoms with Gasteiger partial charge in [0.15, 0.2) is 0 Å². The maximum Gasteiger partial charge on any atom is 0.241 e. The van der Waals surface area contributed by atoms with Gasteiger partial charge in [0.2, 0.25) is 20.0 Å². The van der Waals surface area contributed by atoms with Crippen LogP contribution >= 0.6 is 12.2 Å². The number of sulfonamides is 2. The number of rotatable bonds is 7. The molecule has 0 saturated carbocycles. The molecule has 7 nitrogen and oxygen atoms in total. The highest BCUT2D eigenvalue weighted by molar-refractivity contribution is 7.90. The van der Waals surface area contributed by atoms with E-state index in [0.717, 1.165) is 4.31 Å². The predicted octanol–water partition coefficient (Wildman–Crippen LogP) is -0.509. The molecule has 0 aromatic heterocycles. The quantitative estimate of drug-likeness (QED) is 0.640. The van der Waals surface area contributed by atoms with Crippen LogP contribution in [-0.4, -0.2) is 52.5 Å². The number of nitrogens with one attached hydrogen (secondary N) is 1. The molecule has 0 aliphatic heterocycles. The van der Waals surface area contributed by atoms with Gasteiger partial charge in [0.25, 0.3) is 0 Å². The molecule has 1 aromatic rings. The van der Waals surface area contributed by atoms with Gasteiger partial charge in [0.05, 0.1) is 10.6 Å². The molecule has 0 saturated heterocycles. The van der Waals surface area contributed by atoms with Crippen LogP contribution in [0.15, 0.2) is 29.2 Å². The Kier molecular flexibility index (Phi) is 5.82. The van der Waals surface area contributed by atoms with Crippen molar-refractivity contribution >= 4 is 37.3 Å². The van der Waals surface area contributed by atoms with Gasteiger partial charge in [0, 0.05) is 26.2 Å². The second-order valence-corrected chi connectivity index (χ2v) is 8.83. The lowest BCUT2D eigenvalue weighted by Crippen LogP contribution is -2.34. The summed E-state index contributed by atoms with van der Waals surface area (Å²) in [6.45, 7) is -0.242. The smallest absolute Gasteiger partial charge is 0.241 e. The summed E-state index contributed by atoms with van der Waals surface area (Å²) in [5.41, 5.74) is 5.70. The minimum absolute atomic E-state index is 0.0445. The SMILES string of the molecule is CN(C)S(=O)(=O)CCNS(=O)(=O)c1ccccc1C(N)=S. The van der Waals surface area contributed by atoms with Crippen LogP contribution in [0.25, 0.3) is 0 Å². The van der Waals surface area contributed by atoms with Gasteiger partial charge < -0.3 is 5.73 Å². The highest BCUT2D eigenvalue weighted by Crippen LogP contribution is 2.15. The minimum Gasteiger partial charge on any atom is -0.389 e. The van der Waals surface area contributed by atoms with E-state index in [1.807, 2.05) is 0 Å². The summed E-state index contributed by atoms with van der Waals surface area (Å²) in [5.74, 6) is -0.339. The molecule has 0 heterocycles. The van der Waals surface area contributed by atoms with Gasteiger partial charge in [0.1, 0.15) is 4.99 Å². The number of hydrogen-bond donors (Lipinski definition) is 2. The summed E-state index contributed by atoms with van der Waals surface area (Å²) < 4.78 is 50.8. The van der Waals surface area contributed by atoms with Gasteiger partial charge in [-0.05, 0) is 6.07 Å². The summed E-state index contributed by atoms with van der Waals surface area (Å²) in [6.07, 6.45) is 0. The molecule has 0 amide bonds. The molecule has 1 aromatic carbocycles. The van der Waals surface area contributed by atoms with E-state index >= 15 is 0 Å². The van der Waals surface area contributed by atoms with Gasteiger partial charge in [-0.1, -0.05) is 30.4 Å². The van der Waals surface area contributed by atoms with E-state index in [1.165, 1.54) is 32.3 Å². The molecular formula is C11H17N3O4S3. The van der Waals surface area contributed by atoms with E-state index in [1.54, 1.807) is 6.07 Å². The lowest BCUT2D eigenvalue weighted by atomic mass is 10.2. The fraction of sp³-hybridized carbons (Fsp3) is 0.364. The van der Waals surface area contributed by atoms with Crippen LogP contribution in [0.2, 0.25) is 0 Å². The molecule has 0 radical (unpaired) electrons. The molecule has 0 atom stereocenters. The Balaban J connectivity index is 2.92. The number of benzene rings is 1. The fourth-order valence-corrected chi connectivity index (χ4v) is 3.82. The van der Waals surface area contributed by atoms with Crippen LogP contribution in [0, 0.1) is 0 Å². The molecule has 0 aliphatic carbocycles. The lowest BCUT2D eigenvalue weighted by molar-refractivity contribution is 0.519. The molecule has 0 bridgehead atoms. The zero-order valence-corrected chi connectivity index (χ0v) is 14.1. The number of hydrogen-bond acceptors (Lipinski definition) is 5. The molecule has 21 heavy (non-hydrogen) atoms. The van der Waals surface area contributed by atoms with E-state index in [4.69, 9.17) is 18.0 Å². The first-order chi connectivity index (χ1) is 9.58. The summed E-state index contributed by atoms with van der Waals surface area (Å²) in [7, 11) is -4.60. The monoisotopic (exact) mass is 351 g/mol. The molecule has 0 fully saturated rings. The van der Waals surface area contributed by atoms with Gasteiger partial charge in [-0.15, -0.1) is 0 Å². The number of thiocarbonyl (C=S) groups is 1. The molecule has 0 aliphatic rings. The van der Waals surface area contributed by atoms with E-state index in [-0.39, 0.29) is 27.7 Å². The molecule has 1 rings (SSSR count). The van der Waals surface area contributed by atoms with Crippen LogP contribution in [0.5, 0.6) is 0 Å². The second-order valence-electron chi connectivity index (χ2n) is 4.36. The lowest BCUT2D eigenvalue weighted by Gasteiger charge is -2.13. The average Bonchev–Trinajstić information content (AvgIpc) is 2.38. The van der Waals surface area contributed by atoms with Crippen molar-refractivity contribution in [2.75, 3.05) is 26.4 Å². The van der Waals surface area contributed by atoms with Crippen molar-refractivity contribution in [2.45, 2.75) is 4.90 Å². The topological polar surface area (TPSA) is 110 Å². The fourth-order valence-electron chi connectivity index (χ4n) is 1.47. The van der Waals surface area contributed by atoms with Crippen LogP contribution in [0.1, 0.15) is 5.56 Å². The molecule has 10 heteroatoms. The first-order valence-corrected chi connectivity index (χ1v) is 9.36. The maximum atomic E-state index is 12.2. The number of nitrogens with two attached hydrogens (primary N) is 1. The van der Waals surface area contributed by atoms with Crippen molar-refractivity contribution in [3.8, 4) is 0 Å². The third kappa shape index (κ3) is 4.71. The van der Waals surface area contributed by atoms with Gasteiger partial charge in [-0.25, -0.2) is 25.9 Å². The van der Waals surface area contributed by atoms with Crippen molar-refractivity contribution in [2.24, 2.45) is 5.73 Å². The third-order valence-corrected chi connectivity index (χ3v) is 6.22. The normalized spacial score (nSPS) is 12.5. The van der Waals surface area contributed by atoms with Crippen molar-refractivity contribution in [3.63, 3.8) is 0 Å². The molecule has 0 unspecified atom stereocenters. The van der Waals surface area contributed by atoms with Crippen molar-refractivity contribution in [1.82, 2.24) is 9.03 Å². The zero-order valence-electron chi connectivity index (χ0n) is 11.6. The Morgan fingerprint density at radius 2 is 1.81 bits per heavy atom. The Bertz CT molecular complexity index is 727. The van der Waals surface area contributed by atoms with Gasteiger partial charge in [-0.3, -0.25) is 0 Å². The van der Waals surface area contributed by atoms with Crippen molar-refractivity contribution < 1.29 is 16.8 Å². The molecule has 3 N–H and O–H groups in total. The van der Waals surface area contributed by atoms with E-state index in [2.05, 4.69) is 4.72 Å². The predicted molar refractivity (Wildman–Crippen MR) is 85.0 cm³/mol. The Labute approximate surface area is 130 Å². The first-order valence-electron chi connectivity index (χ1n) is 5.86. The second kappa shape index (κ2) is 6.79. The largest absolute Gasteiger partial charge is 0.389 e. The Hall–Kier alpha value is -1.07. The van der Waals surface area contributed by atoms with Crippen LogP contribution in [0.4, 0.5) is 0 Å². The van der Waals surface area contributed by atoms with Crippen molar-refractivity contribution in [3.05, 3.63) is 29.8 Å². The summed E-state index contributed by atoms with van der Waals surface area (Å²) in [6, 6.07) is 6.00. The van der Waals surface area contributed by atoms with Gasteiger partial charge >= 0.3 is 0 Å². The molecule has 118 valence electrons. The number of nitrogens with zero attached hydrogens (tertiary/aromatic N) is 1. The molecule has 0 spiro atoms. The highest BCUT2D eigenvalue weighted by Gasteiger charge is 2.21. The molecular weight excluding hydrogens is 334 g/mol. The van der Waals surface area contributed by atoms with Gasteiger partial charge in [-0.2, -0.15) is 0 Å². The summed E-state index contributed by atoms with van der Waals surface area (Å²) in [5, 5.41) is 0. The third-order valence-electron chi connectivity index (χ3n) is 2.65. The van der Waals surface area contributed by atoms with E-state index in [9.17, 15) is 16.8 Å². The van der Waals surface area contributed by atoms with Crippen LogP contribution in [0.3, 0.4) is 0 Å². The van der Waals surface area contributed by atoms with E-state index in [0.29, 0.717) is 0 Å². The average molecular weight is 351 g/mol. The van der Waals surface area contributed by atoms with Crippen LogP contribution < -0.4 is 10.5 Å². The zero-order chi connectivity index (χ0) is 16.3. The van der Waals surface area contributed by atoms with Crippen LogP contribution in [-0.2, 0) is 20.0 Å². The Morgan fingerprint density at radius 3 is 2.33 bits per heavy atom. The van der Waals surface area contributed by atoms with Crippen molar-refractivity contribution in [1.29, 1.82) is 0 Å². The maximum absolute atomic E-state index is 12.2. The Morgan fingerprint density at radius 1 is 1.24 bits per heavy atom. The summed E-state index contributed by atoms with van der Waals surface area (Å²) in [4.78, 5) is -0.114. The summed E-state index contributed by atoms with van der Waals surface area (Å²) >= 11 is 4.81. The van der Waals surface area contributed by atoms with E-state index < -0.39 is 20.0 Å². The first kappa shape index (κ1) is 18.0. The highest BCUT2D eigenvalue weighted by atomic mass is 32.2.